The molecule has 3 aromatic rings. The molecule has 2 aromatic carbocycles. The molecule has 1 heterocycles. The lowest BCUT2D eigenvalue weighted by Crippen LogP contribution is -2.25. The summed E-state index contributed by atoms with van der Waals surface area (Å²) in [6.45, 7) is -0.570. The van der Waals surface area contributed by atoms with Crippen LogP contribution in [-0.4, -0.2) is 24.1 Å². The van der Waals surface area contributed by atoms with Crippen LogP contribution in [0.25, 0.3) is 11.5 Å². The number of ether oxygens (including phenoxy) is 2. The number of halogens is 2. The van der Waals surface area contributed by atoms with Gasteiger partial charge in [0.05, 0.1) is 12.6 Å². The number of amides is 1. The number of carbonyl (C=O) groups is 1. The fraction of sp³-hybridized carbons (Fsp3) is 0.333. The lowest BCUT2D eigenvalue weighted by Gasteiger charge is -2.12. The lowest BCUT2D eigenvalue weighted by atomic mass is 10.2. The van der Waals surface area contributed by atoms with Crippen LogP contribution in [0.15, 0.2) is 52.9 Å². The van der Waals surface area contributed by atoms with Gasteiger partial charge in [-0.05, 0) is 49.4 Å². The number of alkyl halides is 2. The number of hydrogen-bond donors (Lipinski definition) is 2. The van der Waals surface area contributed by atoms with Gasteiger partial charge in [-0.25, -0.2) is 4.98 Å². The predicted molar refractivity (Wildman–Crippen MR) is 117 cm³/mol. The van der Waals surface area contributed by atoms with Gasteiger partial charge in [0, 0.05) is 12.1 Å². The Kier molecular flexibility index (Phi) is 6.88. The van der Waals surface area contributed by atoms with Crippen molar-refractivity contribution in [2.24, 2.45) is 11.7 Å². The summed E-state index contributed by atoms with van der Waals surface area (Å²) in [6.07, 6.45) is 2.09. The summed E-state index contributed by atoms with van der Waals surface area (Å²) in [7, 11) is 0. The minimum absolute atomic E-state index is 0.0734. The molecule has 1 fully saturated rings. The van der Waals surface area contributed by atoms with Crippen LogP contribution in [0.4, 0.5) is 8.78 Å². The molecule has 0 spiro atoms. The maximum atomic E-state index is 12.8. The topological polar surface area (TPSA) is 99.6 Å². The van der Waals surface area contributed by atoms with Gasteiger partial charge >= 0.3 is 6.61 Å². The van der Waals surface area contributed by atoms with Gasteiger partial charge in [-0.1, -0.05) is 30.3 Å². The number of carbonyl (C=O) groups excluding carboxylic acids is 1. The van der Waals surface area contributed by atoms with Gasteiger partial charge in [-0.2, -0.15) is 8.78 Å². The van der Waals surface area contributed by atoms with Crippen molar-refractivity contribution < 1.29 is 27.5 Å². The van der Waals surface area contributed by atoms with E-state index in [1.165, 1.54) is 18.2 Å². The van der Waals surface area contributed by atoms with Crippen molar-refractivity contribution in [2.75, 3.05) is 6.61 Å². The molecule has 3 N–H and O–H groups in total. The Morgan fingerprint density at radius 1 is 1.21 bits per heavy atom. The van der Waals surface area contributed by atoms with Gasteiger partial charge in [-0.3, -0.25) is 4.79 Å². The average Bonchev–Trinajstić information content (AvgIpc) is 3.52. The monoisotopic (exact) mass is 457 g/mol. The quantitative estimate of drug-likeness (QED) is 0.459. The average molecular weight is 457 g/mol. The van der Waals surface area contributed by atoms with E-state index in [1.807, 2.05) is 30.3 Å². The van der Waals surface area contributed by atoms with Crippen LogP contribution in [-0.2, 0) is 6.54 Å². The molecule has 33 heavy (non-hydrogen) atoms. The Morgan fingerprint density at radius 3 is 2.64 bits per heavy atom. The van der Waals surface area contributed by atoms with Gasteiger partial charge in [0.15, 0.2) is 23.0 Å². The highest BCUT2D eigenvalue weighted by Gasteiger charge is 2.26. The first-order valence-electron chi connectivity index (χ1n) is 10.7. The Balaban J connectivity index is 1.58. The van der Waals surface area contributed by atoms with Crippen molar-refractivity contribution in [3.63, 3.8) is 0 Å². The summed E-state index contributed by atoms with van der Waals surface area (Å²) >= 11 is 0. The molecule has 0 radical (unpaired) electrons. The Morgan fingerprint density at radius 2 is 1.97 bits per heavy atom. The summed E-state index contributed by atoms with van der Waals surface area (Å²) in [5, 5.41) is 2.81. The van der Waals surface area contributed by atoms with Gasteiger partial charge in [-0.15, -0.1) is 0 Å². The van der Waals surface area contributed by atoms with E-state index in [-0.39, 0.29) is 28.8 Å². The Hall–Kier alpha value is -3.46. The summed E-state index contributed by atoms with van der Waals surface area (Å²) < 4.78 is 41.7. The molecular weight excluding hydrogens is 432 g/mol. The van der Waals surface area contributed by atoms with E-state index in [2.05, 4.69) is 15.0 Å². The van der Waals surface area contributed by atoms with Crippen molar-refractivity contribution in [1.82, 2.24) is 10.3 Å². The summed E-state index contributed by atoms with van der Waals surface area (Å²) in [6, 6.07) is 13.3. The molecule has 1 saturated carbocycles. The standard InChI is InChI=1S/C24H25F2N3O4/c1-14(27)21-20(22(30)28-12-15-5-3-2-4-6-15)29-23(33-21)17-9-10-18(32-24(25)26)19(11-17)31-13-16-7-8-16/h2-6,9-11,14,16,24H,7-8,12-13,27H2,1H3,(H,28,30). The highest BCUT2D eigenvalue weighted by molar-refractivity contribution is 5.93. The molecular formula is C24H25F2N3O4. The fourth-order valence-corrected chi connectivity index (χ4v) is 3.23. The number of nitrogens with zero attached hydrogens (tertiary/aromatic N) is 1. The first kappa shape index (κ1) is 22.7. The van der Waals surface area contributed by atoms with Gasteiger partial charge < -0.3 is 24.9 Å². The molecule has 7 nitrogen and oxygen atoms in total. The second-order valence-corrected chi connectivity index (χ2v) is 7.98. The first-order valence-corrected chi connectivity index (χ1v) is 10.7. The third kappa shape index (κ3) is 5.87. The van der Waals surface area contributed by atoms with E-state index < -0.39 is 18.6 Å². The summed E-state index contributed by atoms with van der Waals surface area (Å²) in [4.78, 5) is 17.1. The highest BCUT2D eigenvalue weighted by atomic mass is 19.3. The van der Waals surface area contributed by atoms with Crippen LogP contribution in [0.1, 0.15) is 47.6 Å². The maximum Gasteiger partial charge on any atom is 0.387 e. The Labute approximate surface area is 189 Å². The van der Waals surface area contributed by atoms with Crippen molar-refractivity contribution in [3.8, 4) is 23.0 Å². The van der Waals surface area contributed by atoms with E-state index in [0.717, 1.165) is 18.4 Å². The SMILES string of the molecule is CC(N)c1oc(-c2ccc(OC(F)F)c(OCC3CC3)c2)nc1C(=O)NCc1ccccc1. The van der Waals surface area contributed by atoms with E-state index in [0.29, 0.717) is 24.6 Å². The molecule has 1 aliphatic rings. The summed E-state index contributed by atoms with van der Waals surface area (Å²) in [5.41, 5.74) is 7.46. The zero-order valence-electron chi connectivity index (χ0n) is 18.1. The number of nitrogens with one attached hydrogen (secondary N) is 1. The Bertz CT molecular complexity index is 1100. The van der Waals surface area contributed by atoms with E-state index >= 15 is 0 Å². The van der Waals surface area contributed by atoms with E-state index in [1.54, 1.807) is 6.92 Å². The molecule has 9 heteroatoms. The van der Waals surface area contributed by atoms with Gasteiger partial charge in [0.2, 0.25) is 5.89 Å². The zero-order chi connectivity index (χ0) is 23.4. The van der Waals surface area contributed by atoms with Crippen molar-refractivity contribution in [2.45, 2.75) is 39.0 Å². The molecule has 1 atom stereocenters. The minimum atomic E-state index is -2.98. The predicted octanol–water partition coefficient (Wildman–Crippen LogP) is 4.68. The third-order valence-electron chi connectivity index (χ3n) is 5.16. The highest BCUT2D eigenvalue weighted by Crippen LogP contribution is 2.37. The molecule has 174 valence electrons. The van der Waals surface area contributed by atoms with Crippen LogP contribution >= 0.6 is 0 Å². The molecule has 0 bridgehead atoms. The smallest absolute Gasteiger partial charge is 0.387 e. The van der Waals surface area contributed by atoms with Crippen molar-refractivity contribution in [1.29, 1.82) is 0 Å². The number of oxazole rings is 1. The van der Waals surface area contributed by atoms with Gasteiger partial charge in [0.25, 0.3) is 5.91 Å². The molecule has 1 unspecified atom stereocenters. The van der Waals surface area contributed by atoms with Gasteiger partial charge in [0.1, 0.15) is 0 Å². The fourth-order valence-electron chi connectivity index (χ4n) is 3.23. The van der Waals surface area contributed by atoms with Crippen LogP contribution in [0, 0.1) is 5.92 Å². The molecule has 1 aliphatic carbocycles. The van der Waals surface area contributed by atoms with Crippen molar-refractivity contribution in [3.05, 3.63) is 65.5 Å². The molecule has 1 amide bonds. The number of rotatable bonds is 10. The van der Waals surface area contributed by atoms with Crippen LogP contribution < -0.4 is 20.5 Å². The largest absolute Gasteiger partial charge is 0.489 e. The van der Waals surface area contributed by atoms with Crippen LogP contribution in [0.2, 0.25) is 0 Å². The van der Waals surface area contributed by atoms with E-state index in [9.17, 15) is 13.6 Å². The number of nitrogens with two attached hydrogens (primary N) is 1. The van der Waals surface area contributed by atoms with E-state index in [4.69, 9.17) is 14.9 Å². The molecule has 1 aromatic heterocycles. The second-order valence-electron chi connectivity index (χ2n) is 7.98. The minimum Gasteiger partial charge on any atom is -0.489 e. The maximum absolute atomic E-state index is 12.8. The van der Waals surface area contributed by atoms with Crippen LogP contribution in [0.5, 0.6) is 11.5 Å². The first-order chi connectivity index (χ1) is 15.9. The van der Waals surface area contributed by atoms with Crippen LogP contribution in [0.3, 0.4) is 0 Å². The summed E-state index contributed by atoms with van der Waals surface area (Å²) in [5.74, 6) is 0.434. The zero-order valence-corrected chi connectivity index (χ0v) is 18.1. The normalized spacial score (nSPS) is 14.2. The molecule has 4 rings (SSSR count). The molecule has 0 saturated heterocycles. The molecule has 0 aliphatic heterocycles. The lowest BCUT2D eigenvalue weighted by molar-refractivity contribution is -0.0515. The number of hydrogen-bond acceptors (Lipinski definition) is 6. The van der Waals surface area contributed by atoms with Crippen molar-refractivity contribution >= 4 is 5.91 Å². The second kappa shape index (κ2) is 9.99. The number of benzene rings is 2. The number of aromatic nitrogens is 1. The third-order valence-corrected chi connectivity index (χ3v) is 5.16.